The molecular formula is C15H12BrFN4O. The monoisotopic (exact) mass is 362 g/mol. The SMILES string of the molecule is COc1cccc(-c2nnn(Cc3ccc(Br)cc3F)n2)c1. The van der Waals surface area contributed by atoms with Gasteiger partial charge in [0, 0.05) is 15.6 Å². The molecule has 0 aliphatic rings. The molecule has 7 heteroatoms. The molecule has 1 aromatic heterocycles. The van der Waals surface area contributed by atoms with E-state index in [1.807, 2.05) is 24.3 Å². The average Bonchev–Trinajstić information content (AvgIpc) is 2.99. The fourth-order valence-corrected chi connectivity index (χ4v) is 2.32. The minimum Gasteiger partial charge on any atom is -0.497 e. The van der Waals surface area contributed by atoms with E-state index in [4.69, 9.17) is 4.74 Å². The van der Waals surface area contributed by atoms with Crippen LogP contribution in [0.15, 0.2) is 46.9 Å². The van der Waals surface area contributed by atoms with E-state index in [1.54, 1.807) is 19.2 Å². The third kappa shape index (κ3) is 3.14. The van der Waals surface area contributed by atoms with Gasteiger partial charge in [-0.3, -0.25) is 0 Å². The number of benzene rings is 2. The Morgan fingerprint density at radius 1 is 1.23 bits per heavy atom. The van der Waals surface area contributed by atoms with Crippen molar-refractivity contribution in [3.8, 4) is 17.1 Å². The molecule has 1 heterocycles. The molecule has 3 rings (SSSR count). The highest BCUT2D eigenvalue weighted by atomic mass is 79.9. The summed E-state index contributed by atoms with van der Waals surface area (Å²) in [7, 11) is 1.60. The zero-order chi connectivity index (χ0) is 15.5. The highest BCUT2D eigenvalue weighted by molar-refractivity contribution is 9.10. The number of halogens is 2. The topological polar surface area (TPSA) is 52.8 Å². The number of nitrogens with zero attached hydrogens (tertiary/aromatic N) is 4. The van der Waals surface area contributed by atoms with Crippen molar-refractivity contribution < 1.29 is 9.13 Å². The summed E-state index contributed by atoms with van der Waals surface area (Å²) in [6.07, 6.45) is 0. The Balaban J connectivity index is 1.84. The first-order chi connectivity index (χ1) is 10.7. The van der Waals surface area contributed by atoms with Gasteiger partial charge in [0.25, 0.3) is 0 Å². The predicted octanol–water partition coefficient (Wildman–Crippen LogP) is 3.30. The molecule has 0 saturated heterocycles. The van der Waals surface area contributed by atoms with Crippen LogP contribution in [0.3, 0.4) is 0 Å². The molecule has 0 bridgehead atoms. The zero-order valence-electron chi connectivity index (χ0n) is 11.7. The van der Waals surface area contributed by atoms with Crippen LogP contribution in [0.5, 0.6) is 5.75 Å². The number of rotatable bonds is 4. The maximum Gasteiger partial charge on any atom is 0.205 e. The van der Waals surface area contributed by atoms with E-state index in [9.17, 15) is 4.39 Å². The van der Waals surface area contributed by atoms with Gasteiger partial charge in [-0.05, 0) is 29.5 Å². The Morgan fingerprint density at radius 3 is 2.86 bits per heavy atom. The fraction of sp³-hybridized carbons (Fsp3) is 0.133. The van der Waals surface area contributed by atoms with E-state index >= 15 is 0 Å². The first-order valence-electron chi connectivity index (χ1n) is 6.52. The molecule has 0 radical (unpaired) electrons. The van der Waals surface area contributed by atoms with E-state index in [0.29, 0.717) is 21.6 Å². The second kappa shape index (κ2) is 6.23. The van der Waals surface area contributed by atoms with E-state index in [-0.39, 0.29) is 12.4 Å². The van der Waals surface area contributed by atoms with Crippen molar-refractivity contribution in [3.63, 3.8) is 0 Å². The highest BCUT2D eigenvalue weighted by Crippen LogP contribution is 2.20. The number of methoxy groups -OCH3 is 1. The molecule has 2 aromatic carbocycles. The first kappa shape index (κ1) is 14.6. The van der Waals surface area contributed by atoms with Gasteiger partial charge < -0.3 is 4.74 Å². The number of tetrazole rings is 1. The fourth-order valence-electron chi connectivity index (χ4n) is 1.99. The molecule has 0 saturated carbocycles. The summed E-state index contributed by atoms with van der Waals surface area (Å²) in [6.45, 7) is 0.218. The summed E-state index contributed by atoms with van der Waals surface area (Å²) in [5.41, 5.74) is 1.29. The molecule has 0 unspecified atom stereocenters. The minimum atomic E-state index is -0.311. The Hall–Kier alpha value is -2.28. The maximum absolute atomic E-state index is 13.8. The standard InChI is InChI=1S/C15H12BrFN4O/c1-22-13-4-2-3-10(7-13)15-18-20-21(19-15)9-11-5-6-12(16)8-14(11)17/h2-8H,9H2,1H3. The van der Waals surface area contributed by atoms with Crippen molar-refractivity contribution in [1.82, 2.24) is 20.2 Å². The van der Waals surface area contributed by atoms with Crippen molar-refractivity contribution in [2.24, 2.45) is 0 Å². The van der Waals surface area contributed by atoms with Crippen LogP contribution >= 0.6 is 15.9 Å². The normalized spacial score (nSPS) is 10.7. The van der Waals surface area contributed by atoms with Crippen molar-refractivity contribution in [2.75, 3.05) is 7.11 Å². The van der Waals surface area contributed by atoms with Crippen LogP contribution in [-0.2, 0) is 6.54 Å². The molecule has 0 N–H and O–H groups in total. The van der Waals surface area contributed by atoms with Gasteiger partial charge in [0.1, 0.15) is 11.6 Å². The summed E-state index contributed by atoms with van der Waals surface area (Å²) in [5, 5.41) is 12.2. The minimum absolute atomic E-state index is 0.218. The number of hydrogen-bond donors (Lipinski definition) is 0. The second-order valence-electron chi connectivity index (χ2n) is 4.61. The Kier molecular flexibility index (Phi) is 4.15. The largest absolute Gasteiger partial charge is 0.497 e. The molecule has 112 valence electrons. The molecule has 0 fully saturated rings. The lowest BCUT2D eigenvalue weighted by atomic mass is 10.2. The van der Waals surface area contributed by atoms with E-state index < -0.39 is 0 Å². The Bertz CT molecular complexity index is 806. The smallest absolute Gasteiger partial charge is 0.205 e. The maximum atomic E-state index is 13.8. The van der Waals surface area contributed by atoms with Gasteiger partial charge in [-0.1, -0.05) is 34.1 Å². The quantitative estimate of drug-likeness (QED) is 0.714. The molecule has 3 aromatic rings. The molecular weight excluding hydrogens is 351 g/mol. The first-order valence-corrected chi connectivity index (χ1v) is 7.31. The number of hydrogen-bond acceptors (Lipinski definition) is 4. The second-order valence-corrected chi connectivity index (χ2v) is 5.53. The van der Waals surface area contributed by atoms with Crippen molar-refractivity contribution in [3.05, 3.63) is 58.3 Å². The summed E-state index contributed by atoms with van der Waals surface area (Å²) in [6, 6.07) is 12.3. The molecule has 0 amide bonds. The molecule has 22 heavy (non-hydrogen) atoms. The third-order valence-electron chi connectivity index (χ3n) is 3.11. The summed E-state index contributed by atoms with van der Waals surface area (Å²) < 4.78 is 19.7. The molecule has 0 spiro atoms. The zero-order valence-corrected chi connectivity index (χ0v) is 13.3. The Morgan fingerprint density at radius 2 is 2.09 bits per heavy atom. The Labute approximate surface area is 134 Å². The lowest BCUT2D eigenvalue weighted by Crippen LogP contribution is -2.05. The van der Waals surface area contributed by atoms with Gasteiger partial charge in [-0.2, -0.15) is 4.80 Å². The van der Waals surface area contributed by atoms with Crippen molar-refractivity contribution in [1.29, 1.82) is 0 Å². The van der Waals surface area contributed by atoms with Gasteiger partial charge in [-0.15, -0.1) is 10.2 Å². The van der Waals surface area contributed by atoms with Gasteiger partial charge in [0.2, 0.25) is 5.82 Å². The van der Waals surface area contributed by atoms with Crippen LogP contribution in [0.1, 0.15) is 5.56 Å². The molecule has 0 aliphatic heterocycles. The highest BCUT2D eigenvalue weighted by Gasteiger charge is 2.09. The van der Waals surface area contributed by atoms with Gasteiger partial charge in [0.15, 0.2) is 0 Å². The summed E-state index contributed by atoms with van der Waals surface area (Å²) in [4.78, 5) is 1.36. The van der Waals surface area contributed by atoms with Crippen LogP contribution in [0.2, 0.25) is 0 Å². The van der Waals surface area contributed by atoms with E-state index in [0.717, 1.165) is 5.56 Å². The van der Waals surface area contributed by atoms with Gasteiger partial charge >= 0.3 is 0 Å². The van der Waals surface area contributed by atoms with Crippen LogP contribution in [-0.4, -0.2) is 27.3 Å². The number of aromatic nitrogens is 4. The van der Waals surface area contributed by atoms with Gasteiger partial charge in [0.05, 0.1) is 13.7 Å². The predicted molar refractivity (Wildman–Crippen MR) is 83.0 cm³/mol. The van der Waals surface area contributed by atoms with E-state index in [1.165, 1.54) is 10.9 Å². The molecule has 5 nitrogen and oxygen atoms in total. The average molecular weight is 363 g/mol. The van der Waals surface area contributed by atoms with E-state index in [2.05, 4.69) is 31.3 Å². The summed E-state index contributed by atoms with van der Waals surface area (Å²) in [5.74, 6) is 0.874. The van der Waals surface area contributed by atoms with Crippen molar-refractivity contribution in [2.45, 2.75) is 6.54 Å². The lowest BCUT2D eigenvalue weighted by Gasteiger charge is -2.02. The van der Waals surface area contributed by atoms with Crippen LogP contribution in [0, 0.1) is 5.82 Å². The molecule has 0 atom stereocenters. The molecule has 0 aliphatic carbocycles. The van der Waals surface area contributed by atoms with Crippen LogP contribution in [0.25, 0.3) is 11.4 Å². The van der Waals surface area contributed by atoms with Crippen molar-refractivity contribution >= 4 is 15.9 Å². The van der Waals surface area contributed by atoms with Crippen LogP contribution in [0.4, 0.5) is 4.39 Å². The number of ether oxygens (including phenoxy) is 1. The lowest BCUT2D eigenvalue weighted by molar-refractivity contribution is 0.415. The third-order valence-corrected chi connectivity index (χ3v) is 3.60. The van der Waals surface area contributed by atoms with Crippen LogP contribution < -0.4 is 4.74 Å². The summed E-state index contributed by atoms with van der Waals surface area (Å²) >= 11 is 3.23. The van der Waals surface area contributed by atoms with Gasteiger partial charge in [-0.25, -0.2) is 4.39 Å².